The molecular formula is C14H20ClN3O3S. The van der Waals surface area contributed by atoms with E-state index in [0.717, 1.165) is 19.1 Å². The number of sulfonamides is 1. The largest absolute Gasteiger partial charge is 0.324 e. The van der Waals surface area contributed by atoms with Gasteiger partial charge in [-0.15, -0.1) is 0 Å². The number of carbonyl (C=O) groups is 1. The minimum absolute atomic E-state index is 0.133. The first-order valence-electron chi connectivity index (χ1n) is 7.09. The van der Waals surface area contributed by atoms with Crippen molar-refractivity contribution in [2.24, 2.45) is 5.92 Å². The van der Waals surface area contributed by atoms with Gasteiger partial charge in [-0.1, -0.05) is 17.7 Å². The summed E-state index contributed by atoms with van der Waals surface area (Å²) in [7, 11) is -3.20. The van der Waals surface area contributed by atoms with E-state index in [-0.39, 0.29) is 11.9 Å². The second kappa shape index (κ2) is 7.30. The number of hydrogen-bond donors (Lipinski definition) is 2. The molecule has 1 aromatic carbocycles. The predicted molar refractivity (Wildman–Crippen MR) is 87.6 cm³/mol. The Bertz CT molecular complexity index is 636. The van der Waals surface area contributed by atoms with E-state index in [9.17, 15) is 13.2 Å². The minimum atomic E-state index is -3.20. The van der Waals surface area contributed by atoms with Crippen LogP contribution in [0.4, 0.5) is 10.5 Å². The molecule has 2 amide bonds. The van der Waals surface area contributed by atoms with Crippen molar-refractivity contribution < 1.29 is 13.2 Å². The molecule has 22 heavy (non-hydrogen) atoms. The second-order valence-electron chi connectivity index (χ2n) is 5.52. The average molecular weight is 346 g/mol. The maximum Gasteiger partial charge on any atom is 0.321 e. The fraction of sp³-hybridized carbons (Fsp3) is 0.500. The number of piperidine rings is 1. The molecule has 0 saturated carbocycles. The molecule has 1 saturated heterocycles. The topological polar surface area (TPSA) is 78.5 Å². The Morgan fingerprint density at radius 2 is 2.23 bits per heavy atom. The van der Waals surface area contributed by atoms with Gasteiger partial charge in [0.2, 0.25) is 10.0 Å². The van der Waals surface area contributed by atoms with Gasteiger partial charge in [-0.25, -0.2) is 17.9 Å². The molecule has 1 aliphatic rings. The van der Waals surface area contributed by atoms with Crippen molar-refractivity contribution in [2.45, 2.75) is 12.8 Å². The van der Waals surface area contributed by atoms with E-state index >= 15 is 0 Å². The molecule has 122 valence electrons. The van der Waals surface area contributed by atoms with Crippen molar-refractivity contribution in [2.75, 3.05) is 31.2 Å². The van der Waals surface area contributed by atoms with Gasteiger partial charge in [-0.2, -0.15) is 0 Å². The summed E-state index contributed by atoms with van der Waals surface area (Å²) in [6.45, 7) is 1.57. The fourth-order valence-corrected chi connectivity index (χ4v) is 3.18. The number of nitrogens with zero attached hydrogens (tertiary/aromatic N) is 1. The van der Waals surface area contributed by atoms with Crippen LogP contribution in [0.2, 0.25) is 5.02 Å². The molecule has 0 bridgehead atoms. The summed E-state index contributed by atoms with van der Waals surface area (Å²) in [6, 6.07) is 6.78. The zero-order valence-corrected chi connectivity index (χ0v) is 14.0. The number of benzene rings is 1. The highest BCUT2D eigenvalue weighted by Crippen LogP contribution is 2.19. The van der Waals surface area contributed by atoms with E-state index in [0.29, 0.717) is 30.3 Å². The predicted octanol–water partition coefficient (Wildman–Crippen LogP) is 2.13. The van der Waals surface area contributed by atoms with E-state index < -0.39 is 10.0 Å². The molecule has 0 aliphatic carbocycles. The highest BCUT2D eigenvalue weighted by molar-refractivity contribution is 7.88. The molecule has 1 fully saturated rings. The molecule has 1 heterocycles. The van der Waals surface area contributed by atoms with Crippen LogP contribution in [0.25, 0.3) is 0 Å². The van der Waals surface area contributed by atoms with Crippen LogP contribution in [0.15, 0.2) is 24.3 Å². The summed E-state index contributed by atoms with van der Waals surface area (Å²) in [5.41, 5.74) is 0.647. The summed E-state index contributed by atoms with van der Waals surface area (Å²) in [6.07, 6.45) is 2.90. The molecule has 2 rings (SSSR count). The number of likely N-dealkylation sites (tertiary alicyclic amines) is 1. The molecule has 1 atom stereocenters. The van der Waals surface area contributed by atoms with E-state index in [4.69, 9.17) is 11.6 Å². The molecule has 1 aromatic rings. The van der Waals surface area contributed by atoms with E-state index in [2.05, 4.69) is 10.0 Å². The molecule has 0 aromatic heterocycles. The van der Waals surface area contributed by atoms with Gasteiger partial charge in [-0.05, 0) is 37.0 Å². The van der Waals surface area contributed by atoms with E-state index in [1.54, 1.807) is 29.2 Å². The Morgan fingerprint density at radius 1 is 1.45 bits per heavy atom. The molecular weight excluding hydrogens is 326 g/mol. The number of urea groups is 1. The van der Waals surface area contributed by atoms with Crippen molar-refractivity contribution in [3.8, 4) is 0 Å². The van der Waals surface area contributed by atoms with Crippen LogP contribution in [0.1, 0.15) is 12.8 Å². The first-order chi connectivity index (χ1) is 10.3. The summed E-state index contributed by atoms with van der Waals surface area (Å²) in [5, 5.41) is 3.37. The summed E-state index contributed by atoms with van der Waals surface area (Å²) >= 11 is 5.89. The van der Waals surface area contributed by atoms with Gasteiger partial charge >= 0.3 is 6.03 Å². The number of anilines is 1. The highest BCUT2D eigenvalue weighted by Gasteiger charge is 2.24. The first kappa shape index (κ1) is 17.1. The van der Waals surface area contributed by atoms with Crippen LogP contribution >= 0.6 is 11.6 Å². The minimum Gasteiger partial charge on any atom is -0.324 e. The van der Waals surface area contributed by atoms with E-state index in [1.165, 1.54) is 0 Å². The smallest absolute Gasteiger partial charge is 0.321 e. The third-order valence-electron chi connectivity index (χ3n) is 3.52. The molecule has 8 heteroatoms. The highest BCUT2D eigenvalue weighted by atomic mass is 35.5. The van der Waals surface area contributed by atoms with Crippen molar-refractivity contribution in [3.05, 3.63) is 29.3 Å². The van der Waals surface area contributed by atoms with Crippen molar-refractivity contribution in [1.82, 2.24) is 9.62 Å². The standard InChI is InChI=1S/C14H20ClN3O3S/c1-22(20,21)16-9-11-4-3-7-18(10-11)14(19)17-13-6-2-5-12(15)8-13/h2,5-6,8,11,16H,3-4,7,9-10H2,1H3,(H,17,19)/t11-/m0/s1. The Morgan fingerprint density at radius 3 is 2.91 bits per heavy atom. The number of carbonyl (C=O) groups excluding carboxylic acids is 1. The van der Waals surface area contributed by atoms with Crippen LogP contribution in [0, 0.1) is 5.92 Å². The Balaban J connectivity index is 1.90. The number of nitrogens with one attached hydrogen (secondary N) is 2. The summed E-state index contributed by atoms with van der Waals surface area (Å²) in [5.74, 6) is 0.133. The van der Waals surface area contributed by atoms with Crippen LogP contribution in [0.3, 0.4) is 0 Å². The van der Waals surface area contributed by atoms with Crippen LogP contribution in [0.5, 0.6) is 0 Å². The number of hydrogen-bond acceptors (Lipinski definition) is 3. The lowest BCUT2D eigenvalue weighted by molar-refractivity contribution is 0.178. The van der Waals surface area contributed by atoms with Crippen LogP contribution in [-0.2, 0) is 10.0 Å². The van der Waals surface area contributed by atoms with Crippen molar-refractivity contribution in [3.63, 3.8) is 0 Å². The normalized spacial score (nSPS) is 19.0. The van der Waals surface area contributed by atoms with Crippen LogP contribution < -0.4 is 10.0 Å². The van der Waals surface area contributed by atoms with Crippen LogP contribution in [-0.4, -0.2) is 45.2 Å². The maximum absolute atomic E-state index is 12.3. The number of halogens is 1. The Hall–Kier alpha value is -1.31. The maximum atomic E-state index is 12.3. The SMILES string of the molecule is CS(=O)(=O)NC[C@@H]1CCCN(C(=O)Nc2cccc(Cl)c2)C1. The zero-order chi connectivity index (χ0) is 16.2. The number of amides is 2. The van der Waals surface area contributed by atoms with Crippen molar-refractivity contribution >= 4 is 33.3 Å². The molecule has 0 spiro atoms. The van der Waals surface area contributed by atoms with Crippen molar-refractivity contribution in [1.29, 1.82) is 0 Å². The lowest BCUT2D eigenvalue weighted by atomic mass is 9.99. The lowest BCUT2D eigenvalue weighted by Gasteiger charge is -2.32. The summed E-state index contributed by atoms with van der Waals surface area (Å²) in [4.78, 5) is 14.0. The fourth-order valence-electron chi connectivity index (χ4n) is 2.45. The molecule has 1 aliphatic heterocycles. The first-order valence-corrected chi connectivity index (χ1v) is 9.36. The molecule has 2 N–H and O–H groups in total. The Kier molecular flexibility index (Phi) is 5.66. The Labute approximate surface area is 135 Å². The second-order valence-corrected chi connectivity index (χ2v) is 7.78. The quantitative estimate of drug-likeness (QED) is 0.877. The molecule has 0 unspecified atom stereocenters. The van der Waals surface area contributed by atoms with Gasteiger partial charge < -0.3 is 10.2 Å². The molecule has 6 nitrogen and oxygen atoms in total. The third-order valence-corrected chi connectivity index (χ3v) is 4.44. The number of rotatable bonds is 4. The third kappa shape index (κ3) is 5.47. The van der Waals surface area contributed by atoms with Gasteiger partial charge in [0.05, 0.1) is 6.26 Å². The lowest BCUT2D eigenvalue weighted by Crippen LogP contribution is -2.45. The zero-order valence-electron chi connectivity index (χ0n) is 12.4. The van der Waals surface area contributed by atoms with Gasteiger partial charge in [0.1, 0.15) is 0 Å². The average Bonchev–Trinajstić information content (AvgIpc) is 2.45. The van der Waals surface area contributed by atoms with Gasteiger partial charge in [0, 0.05) is 30.3 Å². The van der Waals surface area contributed by atoms with Gasteiger partial charge in [0.15, 0.2) is 0 Å². The van der Waals surface area contributed by atoms with E-state index in [1.807, 2.05) is 0 Å². The van der Waals surface area contributed by atoms with Gasteiger partial charge in [0.25, 0.3) is 0 Å². The summed E-state index contributed by atoms with van der Waals surface area (Å²) < 4.78 is 24.8. The monoisotopic (exact) mass is 345 g/mol. The van der Waals surface area contributed by atoms with Gasteiger partial charge in [-0.3, -0.25) is 0 Å². The molecule has 0 radical (unpaired) electrons.